The molecule has 0 aromatic heterocycles. The minimum absolute atomic E-state index is 0.0231. The topological polar surface area (TPSA) is 12.5 Å². The smallest absolute Gasteiger partial charge is 0.143 e. The summed E-state index contributed by atoms with van der Waals surface area (Å²) in [6.07, 6.45) is -1.07. The maximum Gasteiger partial charge on any atom is 0.143 e. The number of ether oxygens (including phenoxy) is 1. The van der Waals surface area contributed by atoms with Gasteiger partial charge in [0.15, 0.2) is 0 Å². The van der Waals surface area contributed by atoms with E-state index in [1.54, 1.807) is 7.11 Å². The van der Waals surface area contributed by atoms with Gasteiger partial charge in [0, 0.05) is 19.7 Å². The maximum absolute atomic E-state index is 13.6. The van der Waals surface area contributed by atoms with Gasteiger partial charge in [0.05, 0.1) is 0 Å². The van der Waals surface area contributed by atoms with Gasteiger partial charge in [0.25, 0.3) is 0 Å². The number of halogens is 1. The van der Waals surface area contributed by atoms with Gasteiger partial charge < -0.3 is 4.74 Å². The van der Waals surface area contributed by atoms with Gasteiger partial charge in [-0.2, -0.15) is 0 Å². The van der Waals surface area contributed by atoms with Crippen molar-refractivity contribution in [1.82, 2.24) is 4.90 Å². The Hall–Kier alpha value is -0.150. The molecule has 0 aliphatic carbocycles. The highest BCUT2D eigenvalue weighted by atomic mass is 19.1. The molecule has 3 heteroatoms. The third-order valence-corrected chi connectivity index (χ3v) is 2.64. The summed E-state index contributed by atoms with van der Waals surface area (Å²) in [5, 5.41) is 0. The van der Waals surface area contributed by atoms with Crippen molar-refractivity contribution in [3.8, 4) is 0 Å². The molecule has 0 saturated carbocycles. The van der Waals surface area contributed by atoms with Crippen LogP contribution in [0.3, 0.4) is 0 Å². The number of nitrogens with zero attached hydrogens (tertiary/aromatic N) is 1. The van der Waals surface area contributed by atoms with Crippen LogP contribution in [0.1, 0.15) is 13.8 Å². The summed E-state index contributed by atoms with van der Waals surface area (Å²) in [4.78, 5) is 2.05. The lowest BCUT2D eigenvalue weighted by atomic mass is 10.00. The van der Waals surface area contributed by atoms with Crippen molar-refractivity contribution in [1.29, 1.82) is 0 Å². The zero-order valence-corrected chi connectivity index (χ0v) is 8.25. The predicted octanol–water partition coefficient (Wildman–Crippen LogP) is 1.31. The van der Waals surface area contributed by atoms with Crippen molar-refractivity contribution in [2.45, 2.75) is 32.2 Å². The Morgan fingerprint density at radius 1 is 1.50 bits per heavy atom. The number of rotatable bonds is 2. The second-order valence-corrected chi connectivity index (χ2v) is 3.89. The van der Waals surface area contributed by atoms with Gasteiger partial charge in [0.1, 0.15) is 12.3 Å². The summed E-state index contributed by atoms with van der Waals surface area (Å²) in [6.45, 7) is 4.80. The normalized spacial score (nSPS) is 38.0. The first-order valence-corrected chi connectivity index (χ1v) is 4.45. The molecule has 1 heterocycles. The van der Waals surface area contributed by atoms with Gasteiger partial charge in [-0.05, 0) is 13.0 Å². The lowest BCUT2D eigenvalue weighted by Gasteiger charge is -2.24. The molecule has 3 atom stereocenters. The molecule has 0 aromatic carbocycles. The van der Waals surface area contributed by atoms with Crippen LogP contribution in [0.4, 0.5) is 4.39 Å². The van der Waals surface area contributed by atoms with Crippen LogP contribution in [0.15, 0.2) is 0 Å². The lowest BCUT2D eigenvalue weighted by Crippen LogP contribution is -2.36. The highest BCUT2D eigenvalue weighted by Crippen LogP contribution is 2.26. The number of hydrogen-bond donors (Lipinski definition) is 0. The van der Waals surface area contributed by atoms with E-state index in [1.807, 2.05) is 25.8 Å². The number of alkyl halides is 1. The molecule has 0 aromatic rings. The minimum Gasteiger partial charge on any atom is -0.377 e. The van der Waals surface area contributed by atoms with E-state index >= 15 is 0 Å². The Morgan fingerprint density at radius 2 is 2.08 bits per heavy atom. The Morgan fingerprint density at radius 3 is 2.33 bits per heavy atom. The molecular formula is C9H18FNO. The summed E-state index contributed by atoms with van der Waals surface area (Å²) in [6, 6.07) is 0.0231. The van der Waals surface area contributed by atoms with Crippen LogP contribution in [-0.2, 0) is 4.74 Å². The van der Waals surface area contributed by atoms with E-state index in [0.717, 1.165) is 0 Å². The van der Waals surface area contributed by atoms with E-state index < -0.39 is 6.17 Å². The molecular weight excluding hydrogens is 157 g/mol. The molecule has 1 aliphatic rings. The average Bonchev–Trinajstić information content (AvgIpc) is 2.25. The standard InChI is InChI=1S/C9H18FNO/c1-6(2)9-8(10)7(12-4)5-11(9)3/h6-9H,5H2,1-4H3. The van der Waals surface area contributed by atoms with Crippen LogP contribution in [0.25, 0.3) is 0 Å². The molecule has 12 heavy (non-hydrogen) atoms. The Balaban J connectivity index is 2.63. The van der Waals surface area contributed by atoms with Crippen LogP contribution >= 0.6 is 0 Å². The Bertz CT molecular complexity index is 151. The van der Waals surface area contributed by atoms with Crippen molar-refractivity contribution in [2.75, 3.05) is 20.7 Å². The van der Waals surface area contributed by atoms with Gasteiger partial charge in [-0.25, -0.2) is 4.39 Å². The van der Waals surface area contributed by atoms with Gasteiger partial charge in [0.2, 0.25) is 0 Å². The second-order valence-electron chi connectivity index (χ2n) is 3.89. The first kappa shape index (κ1) is 9.93. The van der Waals surface area contributed by atoms with Gasteiger partial charge >= 0.3 is 0 Å². The summed E-state index contributed by atoms with van der Waals surface area (Å²) in [5.41, 5.74) is 0. The van der Waals surface area contributed by atoms with Crippen LogP contribution in [0.2, 0.25) is 0 Å². The number of likely N-dealkylation sites (N-methyl/N-ethyl adjacent to an activating group) is 1. The third kappa shape index (κ3) is 1.62. The zero-order valence-electron chi connectivity index (χ0n) is 8.25. The molecule has 72 valence electrons. The summed E-state index contributed by atoms with van der Waals surface area (Å²) >= 11 is 0. The summed E-state index contributed by atoms with van der Waals surface area (Å²) in [7, 11) is 3.53. The first-order chi connectivity index (χ1) is 5.57. The first-order valence-electron chi connectivity index (χ1n) is 4.45. The molecule has 0 N–H and O–H groups in total. The molecule has 0 amide bonds. The molecule has 0 radical (unpaired) electrons. The van der Waals surface area contributed by atoms with E-state index in [9.17, 15) is 4.39 Å². The molecule has 1 rings (SSSR count). The Kier molecular flexibility index (Phi) is 3.07. The maximum atomic E-state index is 13.6. The molecule has 0 spiro atoms. The fourth-order valence-corrected chi connectivity index (χ4v) is 2.05. The van der Waals surface area contributed by atoms with Crippen molar-refractivity contribution in [3.05, 3.63) is 0 Å². The van der Waals surface area contributed by atoms with Crippen molar-refractivity contribution in [2.24, 2.45) is 5.92 Å². The molecule has 1 aliphatic heterocycles. The van der Waals surface area contributed by atoms with Crippen molar-refractivity contribution in [3.63, 3.8) is 0 Å². The van der Waals surface area contributed by atoms with Gasteiger partial charge in [-0.15, -0.1) is 0 Å². The van der Waals surface area contributed by atoms with Gasteiger partial charge in [-0.3, -0.25) is 4.90 Å². The molecule has 0 bridgehead atoms. The SMILES string of the molecule is COC1CN(C)C(C(C)C)C1F. The van der Waals surface area contributed by atoms with E-state index in [1.165, 1.54) is 0 Å². The van der Waals surface area contributed by atoms with E-state index in [4.69, 9.17) is 4.74 Å². The highest BCUT2D eigenvalue weighted by Gasteiger charge is 2.41. The molecule has 3 unspecified atom stereocenters. The largest absolute Gasteiger partial charge is 0.377 e. The quantitative estimate of drug-likeness (QED) is 0.627. The lowest BCUT2D eigenvalue weighted by molar-refractivity contribution is 0.0515. The number of methoxy groups -OCH3 is 1. The fraction of sp³-hybridized carbons (Fsp3) is 1.00. The monoisotopic (exact) mass is 175 g/mol. The molecule has 1 saturated heterocycles. The fourth-order valence-electron chi connectivity index (χ4n) is 2.05. The number of likely N-dealkylation sites (tertiary alicyclic amines) is 1. The van der Waals surface area contributed by atoms with Crippen LogP contribution < -0.4 is 0 Å². The Labute approximate surface area is 73.7 Å². The third-order valence-electron chi connectivity index (χ3n) is 2.64. The zero-order chi connectivity index (χ0) is 9.30. The van der Waals surface area contributed by atoms with Crippen molar-refractivity contribution < 1.29 is 9.13 Å². The van der Waals surface area contributed by atoms with E-state index in [0.29, 0.717) is 12.5 Å². The van der Waals surface area contributed by atoms with Crippen LogP contribution in [-0.4, -0.2) is 43.9 Å². The summed E-state index contributed by atoms with van der Waals surface area (Å²) < 4.78 is 18.6. The van der Waals surface area contributed by atoms with Crippen molar-refractivity contribution >= 4 is 0 Å². The van der Waals surface area contributed by atoms with Gasteiger partial charge in [-0.1, -0.05) is 13.8 Å². The second kappa shape index (κ2) is 3.71. The minimum atomic E-state index is -0.833. The molecule has 2 nitrogen and oxygen atoms in total. The predicted molar refractivity (Wildman–Crippen MR) is 46.9 cm³/mol. The van der Waals surface area contributed by atoms with Crippen LogP contribution in [0, 0.1) is 5.92 Å². The highest BCUT2D eigenvalue weighted by molar-refractivity contribution is 4.94. The van der Waals surface area contributed by atoms with Crippen LogP contribution in [0.5, 0.6) is 0 Å². The summed E-state index contributed by atoms with van der Waals surface area (Å²) in [5.74, 6) is 0.352. The van der Waals surface area contributed by atoms with E-state index in [2.05, 4.69) is 0 Å². The number of hydrogen-bond acceptors (Lipinski definition) is 2. The molecule has 1 fully saturated rings. The van der Waals surface area contributed by atoms with E-state index in [-0.39, 0.29) is 12.1 Å². The average molecular weight is 175 g/mol.